The first kappa shape index (κ1) is 17.5. The van der Waals surface area contributed by atoms with Gasteiger partial charge in [-0.3, -0.25) is 0 Å². The van der Waals surface area contributed by atoms with Crippen molar-refractivity contribution in [3.05, 3.63) is 65.5 Å². The molecule has 2 N–H and O–H groups in total. The van der Waals surface area contributed by atoms with Crippen molar-refractivity contribution in [2.45, 2.75) is 24.0 Å². The fourth-order valence-electron chi connectivity index (χ4n) is 2.02. The SMILES string of the molecule is C[C@@H](NS(=O)(=O)c1ccccc1F)[C@@H](O)c1ccc(F)c(F)c1. The Morgan fingerprint density at radius 1 is 1.00 bits per heavy atom. The third kappa shape index (κ3) is 3.90. The molecule has 0 unspecified atom stereocenters. The molecule has 0 bridgehead atoms. The standard InChI is InChI=1S/C15H14F3NO3S/c1-9(15(20)10-6-7-11(16)13(18)8-10)19-23(21,22)14-5-3-2-4-12(14)17/h2-9,15,19-20H,1H3/t9-,15-/m1/s1. The van der Waals surface area contributed by atoms with Crippen LogP contribution >= 0.6 is 0 Å². The maximum absolute atomic E-state index is 13.6. The van der Waals surface area contributed by atoms with E-state index < -0.39 is 44.5 Å². The Morgan fingerprint density at radius 2 is 1.65 bits per heavy atom. The van der Waals surface area contributed by atoms with Crippen LogP contribution in [0.2, 0.25) is 0 Å². The molecular weight excluding hydrogens is 331 g/mol. The molecule has 0 fully saturated rings. The van der Waals surface area contributed by atoms with E-state index in [0.29, 0.717) is 0 Å². The van der Waals surface area contributed by atoms with Gasteiger partial charge in [0.05, 0.1) is 6.10 Å². The van der Waals surface area contributed by atoms with E-state index in [1.807, 2.05) is 0 Å². The molecule has 2 atom stereocenters. The molecule has 0 aliphatic rings. The van der Waals surface area contributed by atoms with Crippen LogP contribution in [0.4, 0.5) is 13.2 Å². The molecule has 124 valence electrons. The lowest BCUT2D eigenvalue weighted by Gasteiger charge is -2.21. The highest BCUT2D eigenvalue weighted by molar-refractivity contribution is 7.89. The summed E-state index contributed by atoms with van der Waals surface area (Å²) >= 11 is 0. The van der Waals surface area contributed by atoms with Gasteiger partial charge in [0.25, 0.3) is 0 Å². The highest BCUT2D eigenvalue weighted by Gasteiger charge is 2.26. The quantitative estimate of drug-likeness (QED) is 0.875. The zero-order chi connectivity index (χ0) is 17.2. The first-order chi connectivity index (χ1) is 10.7. The molecule has 0 heterocycles. The zero-order valence-electron chi connectivity index (χ0n) is 12.0. The molecule has 0 aliphatic carbocycles. The van der Waals surface area contributed by atoms with Gasteiger partial charge in [-0.25, -0.2) is 26.3 Å². The van der Waals surface area contributed by atoms with Crippen LogP contribution in [0.5, 0.6) is 0 Å². The van der Waals surface area contributed by atoms with Crippen LogP contribution < -0.4 is 4.72 Å². The fourth-order valence-corrected chi connectivity index (χ4v) is 3.35. The molecule has 4 nitrogen and oxygen atoms in total. The van der Waals surface area contributed by atoms with Crippen LogP contribution in [0.3, 0.4) is 0 Å². The molecule has 2 aromatic rings. The Balaban J connectivity index is 2.22. The number of hydrogen-bond donors (Lipinski definition) is 2. The lowest BCUT2D eigenvalue weighted by atomic mass is 10.0. The molecule has 0 amide bonds. The van der Waals surface area contributed by atoms with Gasteiger partial charge in [-0.05, 0) is 36.8 Å². The van der Waals surface area contributed by atoms with Gasteiger partial charge in [-0.2, -0.15) is 0 Å². The monoisotopic (exact) mass is 345 g/mol. The number of benzene rings is 2. The second kappa shape index (κ2) is 6.69. The summed E-state index contributed by atoms with van der Waals surface area (Å²) in [5.41, 5.74) is -0.00682. The largest absolute Gasteiger partial charge is 0.387 e. The Bertz CT molecular complexity index is 811. The molecule has 0 radical (unpaired) electrons. The number of rotatable bonds is 5. The van der Waals surface area contributed by atoms with Gasteiger partial charge >= 0.3 is 0 Å². The topological polar surface area (TPSA) is 66.4 Å². The zero-order valence-corrected chi connectivity index (χ0v) is 12.8. The minimum Gasteiger partial charge on any atom is -0.387 e. The van der Waals surface area contributed by atoms with Gasteiger partial charge in [0.2, 0.25) is 10.0 Å². The molecule has 0 aromatic heterocycles. The third-order valence-corrected chi connectivity index (χ3v) is 4.82. The van der Waals surface area contributed by atoms with E-state index in [2.05, 4.69) is 4.72 Å². The molecule has 2 rings (SSSR count). The second-order valence-electron chi connectivity index (χ2n) is 4.96. The van der Waals surface area contributed by atoms with Crippen LogP contribution in [-0.4, -0.2) is 19.6 Å². The van der Waals surface area contributed by atoms with Crippen molar-refractivity contribution in [2.24, 2.45) is 0 Å². The summed E-state index contributed by atoms with van der Waals surface area (Å²) in [4.78, 5) is -0.565. The second-order valence-corrected chi connectivity index (χ2v) is 6.64. The predicted octanol–water partition coefficient (Wildman–Crippen LogP) is 2.50. The summed E-state index contributed by atoms with van der Waals surface area (Å²) in [5, 5.41) is 10.1. The van der Waals surface area contributed by atoms with Gasteiger partial charge in [0.1, 0.15) is 10.7 Å². The van der Waals surface area contributed by atoms with E-state index in [0.717, 1.165) is 30.3 Å². The van der Waals surface area contributed by atoms with Crippen molar-refractivity contribution in [2.75, 3.05) is 0 Å². The van der Waals surface area contributed by atoms with Gasteiger partial charge in [-0.1, -0.05) is 18.2 Å². The first-order valence-corrected chi connectivity index (χ1v) is 8.10. The summed E-state index contributed by atoms with van der Waals surface area (Å²) < 4.78 is 66.0. The average Bonchev–Trinajstić information content (AvgIpc) is 2.49. The van der Waals surface area contributed by atoms with E-state index in [-0.39, 0.29) is 5.56 Å². The number of sulfonamides is 1. The maximum Gasteiger partial charge on any atom is 0.243 e. The van der Waals surface area contributed by atoms with E-state index in [1.165, 1.54) is 19.1 Å². The molecule has 0 saturated heterocycles. The van der Waals surface area contributed by atoms with Gasteiger partial charge < -0.3 is 5.11 Å². The summed E-state index contributed by atoms with van der Waals surface area (Å²) in [7, 11) is -4.21. The Hall–Kier alpha value is -1.90. The number of aliphatic hydroxyl groups excluding tert-OH is 1. The summed E-state index contributed by atoms with van der Waals surface area (Å²) in [6.45, 7) is 1.32. The van der Waals surface area contributed by atoms with Crippen molar-refractivity contribution in [1.29, 1.82) is 0 Å². The van der Waals surface area contributed by atoms with Crippen LogP contribution in [0.15, 0.2) is 47.4 Å². The number of halogens is 3. The summed E-state index contributed by atoms with van der Waals surface area (Å²) in [5.74, 6) is -3.18. The van der Waals surface area contributed by atoms with Crippen LogP contribution in [-0.2, 0) is 10.0 Å². The maximum atomic E-state index is 13.6. The normalized spacial score (nSPS) is 14.5. The van der Waals surface area contributed by atoms with Crippen molar-refractivity contribution in [3.8, 4) is 0 Å². The highest BCUT2D eigenvalue weighted by Crippen LogP contribution is 2.21. The highest BCUT2D eigenvalue weighted by atomic mass is 32.2. The first-order valence-electron chi connectivity index (χ1n) is 6.62. The van der Waals surface area contributed by atoms with Gasteiger partial charge in [-0.15, -0.1) is 0 Å². The minimum absolute atomic E-state index is 0.00682. The molecule has 0 spiro atoms. The fraction of sp³-hybridized carbons (Fsp3) is 0.200. The van der Waals surface area contributed by atoms with Gasteiger partial charge in [0.15, 0.2) is 11.6 Å². The third-order valence-electron chi connectivity index (χ3n) is 3.23. The predicted molar refractivity (Wildman–Crippen MR) is 77.5 cm³/mol. The van der Waals surface area contributed by atoms with E-state index >= 15 is 0 Å². The summed E-state index contributed by atoms with van der Waals surface area (Å²) in [6.07, 6.45) is -1.44. The Morgan fingerprint density at radius 3 is 2.26 bits per heavy atom. The lowest BCUT2D eigenvalue weighted by Crippen LogP contribution is -2.37. The van der Waals surface area contributed by atoms with Crippen molar-refractivity contribution in [3.63, 3.8) is 0 Å². The minimum atomic E-state index is -4.21. The molecular formula is C15H14F3NO3S. The molecule has 0 saturated carbocycles. The average molecular weight is 345 g/mol. The molecule has 23 heavy (non-hydrogen) atoms. The van der Waals surface area contributed by atoms with Crippen molar-refractivity contribution in [1.82, 2.24) is 4.72 Å². The number of hydrogen-bond acceptors (Lipinski definition) is 3. The number of aliphatic hydroxyl groups is 1. The smallest absolute Gasteiger partial charge is 0.243 e. The van der Waals surface area contributed by atoms with E-state index in [4.69, 9.17) is 0 Å². The number of nitrogens with one attached hydrogen (secondary N) is 1. The Kier molecular flexibility index (Phi) is 5.08. The summed E-state index contributed by atoms with van der Waals surface area (Å²) in [6, 6.07) is 6.41. The van der Waals surface area contributed by atoms with E-state index in [1.54, 1.807) is 0 Å². The van der Waals surface area contributed by atoms with Crippen LogP contribution in [0.1, 0.15) is 18.6 Å². The van der Waals surface area contributed by atoms with Crippen molar-refractivity contribution >= 4 is 10.0 Å². The van der Waals surface area contributed by atoms with Gasteiger partial charge in [0, 0.05) is 6.04 Å². The molecule has 2 aromatic carbocycles. The van der Waals surface area contributed by atoms with Crippen LogP contribution in [0.25, 0.3) is 0 Å². The molecule has 8 heteroatoms. The van der Waals surface area contributed by atoms with Crippen LogP contribution in [0, 0.1) is 17.5 Å². The van der Waals surface area contributed by atoms with Crippen molar-refractivity contribution < 1.29 is 26.7 Å². The molecule has 0 aliphatic heterocycles. The lowest BCUT2D eigenvalue weighted by molar-refractivity contribution is 0.146. The Labute approximate surface area is 131 Å². The van der Waals surface area contributed by atoms with E-state index in [9.17, 15) is 26.7 Å².